The first-order valence-electron chi connectivity index (χ1n) is 6.55. The van der Waals surface area contributed by atoms with Gasteiger partial charge in [0.05, 0.1) is 12.5 Å². The van der Waals surface area contributed by atoms with Crippen LogP contribution in [0.25, 0.3) is 0 Å². The Balaban J connectivity index is 1.85. The van der Waals surface area contributed by atoms with Gasteiger partial charge in [-0.1, -0.05) is 0 Å². The number of rotatable bonds is 4. The lowest BCUT2D eigenvalue weighted by Crippen LogP contribution is -2.42. The third kappa shape index (κ3) is 4.03. The number of anilines is 1. The summed E-state index contributed by atoms with van der Waals surface area (Å²) in [6.07, 6.45) is 1.44. The fourth-order valence-corrected chi connectivity index (χ4v) is 2.34. The van der Waals surface area contributed by atoms with Gasteiger partial charge in [0.15, 0.2) is 0 Å². The van der Waals surface area contributed by atoms with Crippen molar-refractivity contribution in [2.45, 2.75) is 12.8 Å². The van der Waals surface area contributed by atoms with E-state index in [1.54, 1.807) is 0 Å². The van der Waals surface area contributed by atoms with Gasteiger partial charge >= 0.3 is 5.97 Å². The molecule has 20 heavy (non-hydrogen) atoms. The lowest BCUT2D eigenvalue weighted by Gasteiger charge is -2.29. The van der Waals surface area contributed by atoms with Gasteiger partial charge in [-0.25, -0.2) is 4.39 Å². The smallest absolute Gasteiger partial charge is 0.307 e. The maximum Gasteiger partial charge on any atom is 0.307 e. The van der Waals surface area contributed by atoms with Crippen LogP contribution in [0.2, 0.25) is 0 Å². The maximum absolute atomic E-state index is 12.7. The van der Waals surface area contributed by atoms with E-state index in [1.165, 1.54) is 24.3 Å². The average Bonchev–Trinajstić information content (AvgIpc) is 2.41. The van der Waals surface area contributed by atoms with Crippen molar-refractivity contribution in [2.24, 2.45) is 5.92 Å². The quantitative estimate of drug-likeness (QED) is 0.878. The Labute approximate surface area is 116 Å². The second-order valence-corrected chi connectivity index (χ2v) is 4.97. The highest BCUT2D eigenvalue weighted by atomic mass is 19.1. The minimum atomic E-state index is -0.811. The zero-order chi connectivity index (χ0) is 14.5. The van der Waals surface area contributed by atoms with Crippen LogP contribution in [0.15, 0.2) is 24.3 Å². The van der Waals surface area contributed by atoms with E-state index in [4.69, 9.17) is 5.11 Å². The number of nitrogens with zero attached hydrogens (tertiary/aromatic N) is 1. The molecule has 0 bridgehead atoms. The van der Waals surface area contributed by atoms with E-state index in [0.29, 0.717) is 18.7 Å². The summed E-state index contributed by atoms with van der Waals surface area (Å²) < 4.78 is 12.7. The van der Waals surface area contributed by atoms with Crippen LogP contribution in [0.4, 0.5) is 10.1 Å². The van der Waals surface area contributed by atoms with E-state index >= 15 is 0 Å². The van der Waals surface area contributed by atoms with Crippen molar-refractivity contribution in [1.29, 1.82) is 0 Å². The molecule has 1 aliphatic heterocycles. The Morgan fingerprint density at radius 2 is 2.05 bits per heavy atom. The van der Waals surface area contributed by atoms with Gasteiger partial charge in [0.2, 0.25) is 5.91 Å². The summed E-state index contributed by atoms with van der Waals surface area (Å²) in [6, 6.07) is 5.53. The Kier molecular flexibility index (Phi) is 4.68. The van der Waals surface area contributed by atoms with Crippen molar-refractivity contribution in [3.05, 3.63) is 30.1 Å². The molecule has 108 valence electrons. The molecule has 5 nitrogen and oxygen atoms in total. The number of carboxylic acids is 1. The Bertz CT molecular complexity index is 490. The summed E-state index contributed by atoms with van der Waals surface area (Å²) >= 11 is 0. The molecule has 1 unspecified atom stereocenters. The predicted molar refractivity (Wildman–Crippen MR) is 71.8 cm³/mol. The van der Waals surface area contributed by atoms with Gasteiger partial charge in [-0.15, -0.1) is 0 Å². The minimum Gasteiger partial charge on any atom is -0.481 e. The van der Waals surface area contributed by atoms with Crippen LogP contribution in [-0.4, -0.2) is 41.5 Å². The number of hydrogen-bond donors (Lipinski definition) is 2. The minimum absolute atomic E-state index is 0.154. The number of hydrogen-bond acceptors (Lipinski definition) is 3. The first-order chi connectivity index (χ1) is 9.54. The number of benzene rings is 1. The summed E-state index contributed by atoms with van der Waals surface area (Å²) in [7, 11) is 0. The molecule has 1 amide bonds. The number of nitrogens with one attached hydrogen (secondary N) is 1. The fraction of sp³-hybridized carbons (Fsp3) is 0.429. The second kappa shape index (κ2) is 6.47. The molecule has 1 saturated heterocycles. The summed E-state index contributed by atoms with van der Waals surface area (Å²) in [5.74, 6) is -1.79. The fourth-order valence-electron chi connectivity index (χ4n) is 2.34. The highest BCUT2D eigenvalue weighted by molar-refractivity contribution is 5.92. The van der Waals surface area contributed by atoms with Crippen LogP contribution >= 0.6 is 0 Å². The molecule has 0 aliphatic carbocycles. The van der Waals surface area contributed by atoms with Crippen LogP contribution in [0.3, 0.4) is 0 Å². The van der Waals surface area contributed by atoms with Crippen molar-refractivity contribution in [1.82, 2.24) is 4.90 Å². The van der Waals surface area contributed by atoms with Crippen molar-refractivity contribution >= 4 is 17.6 Å². The first kappa shape index (κ1) is 14.5. The number of aliphatic carboxylic acids is 1. The zero-order valence-corrected chi connectivity index (χ0v) is 11.0. The number of carbonyl (C=O) groups excluding carboxylic acids is 1. The summed E-state index contributed by atoms with van der Waals surface area (Å²) in [5, 5.41) is 11.7. The van der Waals surface area contributed by atoms with Gasteiger partial charge < -0.3 is 10.4 Å². The van der Waals surface area contributed by atoms with E-state index in [2.05, 4.69) is 5.32 Å². The van der Waals surface area contributed by atoms with E-state index < -0.39 is 11.9 Å². The summed E-state index contributed by atoms with van der Waals surface area (Å²) in [4.78, 5) is 24.6. The van der Waals surface area contributed by atoms with E-state index in [1.807, 2.05) is 4.90 Å². The molecule has 1 aromatic rings. The van der Waals surface area contributed by atoms with Crippen molar-refractivity contribution in [3.63, 3.8) is 0 Å². The van der Waals surface area contributed by atoms with Crippen LogP contribution in [0.5, 0.6) is 0 Å². The molecule has 1 atom stereocenters. The summed E-state index contributed by atoms with van der Waals surface area (Å²) in [6.45, 7) is 1.27. The first-order valence-corrected chi connectivity index (χ1v) is 6.55. The highest BCUT2D eigenvalue weighted by Crippen LogP contribution is 2.16. The van der Waals surface area contributed by atoms with Gasteiger partial charge in [-0.2, -0.15) is 0 Å². The molecule has 2 rings (SSSR count). The molecule has 0 spiro atoms. The number of amides is 1. The molecular weight excluding hydrogens is 263 g/mol. The molecule has 6 heteroatoms. The van der Waals surface area contributed by atoms with E-state index in [0.717, 1.165) is 13.0 Å². The number of likely N-dealkylation sites (tertiary alicyclic amines) is 1. The monoisotopic (exact) mass is 280 g/mol. The molecule has 1 aliphatic rings. The van der Waals surface area contributed by atoms with Gasteiger partial charge in [0.1, 0.15) is 5.82 Å². The van der Waals surface area contributed by atoms with Gasteiger partial charge in [-0.05, 0) is 43.7 Å². The zero-order valence-electron chi connectivity index (χ0n) is 11.0. The number of piperidine rings is 1. The number of carbonyl (C=O) groups is 2. The number of carboxylic acid groups (broad SMARTS) is 1. The third-order valence-electron chi connectivity index (χ3n) is 3.35. The molecule has 0 radical (unpaired) electrons. The van der Waals surface area contributed by atoms with Crippen molar-refractivity contribution in [2.75, 3.05) is 25.0 Å². The third-order valence-corrected chi connectivity index (χ3v) is 3.35. The van der Waals surface area contributed by atoms with E-state index in [-0.39, 0.29) is 18.3 Å². The molecule has 1 aromatic carbocycles. The summed E-state index contributed by atoms with van der Waals surface area (Å²) in [5.41, 5.74) is 0.531. The predicted octanol–water partition coefficient (Wildman–Crippen LogP) is 1.56. The Morgan fingerprint density at radius 1 is 1.35 bits per heavy atom. The standard InChI is InChI=1S/C14H17FN2O3/c15-11-3-5-12(6-4-11)16-13(18)9-17-7-1-2-10(8-17)14(19)20/h3-6,10H,1-2,7-9H2,(H,16,18)(H,19,20). The number of halogens is 1. The molecule has 0 aromatic heterocycles. The molecule has 1 heterocycles. The SMILES string of the molecule is O=C(CN1CCCC(C(=O)O)C1)Nc1ccc(F)cc1. The van der Waals surface area contributed by atoms with Gasteiger partial charge in [-0.3, -0.25) is 14.5 Å². The average molecular weight is 280 g/mol. The van der Waals surface area contributed by atoms with Gasteiger partial charge in [0, 0.05) is 12.2 Å². The maximum atomic E-state index is 12.7. The highest BCUT2D eigenvalue weighted by Gasteiger charge is 2.26. The topological polar surface area (TPSA) is 69.6 Å². The second-order valence-electron chi connectivity index (χ2n) is 4.97. The van der Waals surface area contributed by atoms with Crippen LogP contribution in [0, 0.1) is 11.7 Å². The van der Waals surface area contributed by atoms with Gasteiger partial charge in [0.25, 0.3) is 0 Å². The van der Waals surface area contributed by atoms with Crippen LogP contribution in [0.1, 0.15) is 12.8 Å². The van der Waals surface area contributed by atoms with Crippen LogP contribution < -0.4 is 5.32 Å². The van der Waals surface area contributed by atoms with Crippen LogP contribution in [-0.2, 0) is 9.59 Å². The lowest BCUT2D eigenvalue weighted by molar-refractivity contribution is -0.144. The van der Waals surface area contributed by atoms with E-state index in [9.17, 15) is 14.0 Å². The molecule has 0 saturated carbocycles. The largest absolute Gasteiger partial charge is 0.481 e. The normalized spacial score (nSPS) is 19.6. The van der Waals surface area contributed by atoms with Crippen molar-refractivity contribution < 1.29 is 19.1 Å². The van der Waals surface area contributed by atoms with Crippen molar-refractivity contribution in [3.8, 4) is 0 Å². The lowest BCUT2D eigenvalue weighted by atomic mass is 9.98. The molecule has 1 fully saturated rings. The molecular formula is C14H17FN2O3. The molecule has 2 N–H and O–H groups in total. The Hall–Kier alpha value is -1.95. The Morgan fingerprint density at radius 3 is 2.70 bits per heavy atom.